The second kappa shape index (κ2) is 9.51. The van der Waals surface area contributed by atoms with Crippen molar-refractivity contribution in [3.63, 3.8) is 0 Å². The molecule has 3 atom stereocenters. The van der Waals surface area contributed by atoms with Gasteiger partial charge in [-0.25, -0.2) is 0 Å². The Balaban J connectivity index is 1.37. The molecule has 1 saturated carbocycles. The van der Waals surface area contributed by atoms with Crippen LogP contribution in [0, 0.1) is 17.2 Å². The van der Waals surface area contributed by atoms with Crippen LogP contribution in [-0.2, 0) is 11.2 Å². The number of hydrogen-bond acceptors (Lipinski definition) is 7. The maximum absolute atomic E-state index is 12.7. The van der Waals surface area contributed by atoms with E-state index in [2.05, 4.69) is 21.5 Å². The van der Waals surface area contributed by atoms with Gasteiger partial charge in [-0.05, 0) is 75.3 Å². The maximum atomic E-state index is 12.7. The molecule has 1 aromatic heterocycles. The maximum Gasteiger partial charge on any atom is 0.258 e. The summed E-state index contributed by atoms with van der Waals surface area (Å²) in [6, 6.07) is 13.3. The molecule has 1 amide bonds. The van der Waals surface area contributed by atoms with Gasteiger partial charge >= 0.3 is 0 Å². The van der Waals surface area contributed by atoms with Crippen molar-refractivity contribution in [2.75, 3.05) is 0 Å². The van der Waals surface area contributed by atoms with Crippen LogP contribution in [0.5, 0.6) is 5.75 Å². The summed E-state index contributed by atoms with van der Waals surface area (Å²) in [5, 5.41) is 26.7. The highest BCUT2D eigenvalue weighted by Gasteiger charge is 2.33. The van der Waals surface area contributed by atoms with Crippen LogP contribution in [0.25, 0.3) is 22.8 Å². The van der Waals surface area contributed by atoms with Gasteiger partial charge in [-0.2, -0.15) is 10.2 Å². The van der Waals surface area contributed by atoms with E-state index in [1.807, 2.05) is 32.0 Å². The number of nitrogens with one attached hydrogen (secondary N) is 1. The number of fused-ring (bicyclic) bond motifs is 1. The van der Waals surface area contributed by atoms with E-state index < -0.39 is 0 Å². The van der Waals surface area contributed by atoms with E-state index in [-0.39, 0.29) is 30.1 Å². The second-order valence-corrected chi connectivity index (χ2v) is 9.55. The number of aliphatic hydroxyl groups excluding tert-OH is 1. The fraction of sp³-hybridized carbons (Fsp3) is 0.407. The number of benzene rings is 2. The Morgan fingerprint density at radius 3 is 2.86 bits per heavy atom. The Hall–Kier alpha value is -3.70. The molecule has 2 aliphatic carbocycles. The van der Waals surface area contributed by atoms with Gasteiger partial charge in [0.15, 0.2) is 0 Å². The molecule has 2 aromatic carbocycles. The molecule has 5 rings (SSSR count). The number of ether oxygens (including phenoxy) is 1. The van der Waals surface area contributed by atoms with Crippen molar-refractivity contribution in [2.45, 2.75) is 64.2 Å². The first-order valence-corrected chi connectivity index (χ1v) is 12.1. The first-order chi connectivity index (χ1) is 16.9. The zero-order valence-corrected chi connectivity index (χ0v) is 19.8. The highest BCUT2D eigenvalue weighted by molar-refractivity contribution is 5.80. The molecule has 1 unspecified atom stereocenters. The number of nitriles is 1. The van der Waals surface area contributed by atoms with Crippen LogP contribution in [0.15, 0.2) is 40.9 Å². The van der Waals surface area contributed by atoms with Crippen LogP contribution in [0.1, 0.15) is 62.3 Å². The van der Waals surface area contributed by atoms with Gasteiger partial charge in [0.05, 0.1) is 23.8 Å². The largest absolute Gasteiger partial charge is 0.490 e. The van der Waals surface area contributed by atoms with Gasteiger partial charge in [0.1, 0.15) is 11.8 Å². The molecule has 2 N–H and O–H groups in total. The van der Waals surface area contributed by atoms with Crippen LogP contribution < -0.4 is 10.1 Å². The molecule has 0 aliphatic heterocycles. The molecule has 1 heterocycles. The normalized spacial score (nSPS) is 21.1. The summed E-state index contributed by atoms with van der Waals surface area (Å²) in [4.78, 5) is 17.3. The van der Waals surface area contributed by atoms with Crippen LogP contribution in [-0.4, -0.2) is 33.4 Å². The molecule has 0 saturated heterocycles. The predicted octanol–water partition coefficient (Wildman–Crippen LogP) is 4.33. The van der Waals surface area contributed by atoms with E-state index in [9.17, 15) is 15.2 Å². The number of rotatable bonds is 6. The predicted molar refractivity (Wildman–Crippen MR) is 128 cm³/mol. The van der Waals surface area contributed by atoms with Crippen LogP contribution in [0.3, 0.4) is 0 Å². The average molecular weight is 473 g/mol. The minimum atomic E-state index is -0.371. The summed E-state index contributed by atoms with van der Waals surface area (Å²) in [5.74, 6) is 1.22. The van der Waals surface area contributed by atoms with E-state index in [1.54, 1.807) is 18.2 Å². The number of nitrogens with zero attached hydrogens (tertiary/aromatic N) is 3. The van der Waals surface area contributed by atoms with Crippen molar-refractivity contribution in [3.05, 3.63) is 53.1 Å². The monoisotopic (exact) mass is 472 g/mol. The molecule has 2 aliphatic rings. The summed E-state index contributed by atoms with van der Waals surface area (Å²) in [5.41, 5.74) is 4.11. The van der Waals surface area contributed by atoms with E-state index in [4.69, 9.17) is 9.26 Å². The van der Waals surface area contributed by atoms with Gasteiger partial charge in [0.25, 0.3) is 5.89 Å². The highest BCUT2D eigenvalue weighted by atomic mass is 16.5. The van der Waals surface area contributed by atoms with Crippen molar-refractivity contribution in [1.82, 2.24) is 15.5 Å². The zero-order valence-electron chi connectivity index (χ0n) is 19.8. The Bertz CT molecular complexity index is 1290. The number of carbonyl (C=O) groups excluding carboxylic acids is 1. The van der Waals surface area contributed by atoms with E-state index >= 15 is 0 Å². The molecule has 0 bridgehead atoms. The molecular weight excluding hydrogens is 444 g/mol. The van der Waals surface area contributed by atoms with Crippen LogP contribution in [0.4, 0.5) is 0 Å². The van der Waals surface area contributed by atoms with Crippen molar-refractivity contribution in [3.8, 4) is 34.7 Å². The van der Waals surface area contributed by atoms with E-state index in [1.165, 1.54) is 0 Å². The number of aliphatic hydroxyl groups is 1. The topological polar surface area (TPSA) is 121 Å². The van der Waals surface area contributed by atoms with Crippen molar-refractivity contribution in [1.29, 1.82) is 5.26 Å². The van der Waals surface area contributed by atoms with Gasteiger partial charge in [0, 0.05) is 17.0 Å². The molecule has 8 heteroatoms. The zero-order chi connectivity index (χ0) is 24.5. The molecular formula is C27H28N4O4. The molecule has 1 fully saturated rings. The summed E-state index contributed by atoms with van der Waals surface area (Å²) < 4.78 is 11.2. The lowest BCUT2D eigenvalue weighted by atomic mass is 10.0. The Labute approximate surface area is 203 Å². The first-order valence-electron chi connectivity index (χ1n) is 12.1. The smallest absolute Gasteiger partial charge is 0.258 e. The lowest BCUT2D eigenvalue weighted by Crippen LogP contribution is -2.32. The second-order valence-electron chi connectivity index (χ2n) is 9.55. The number of carbonyl (C=O) groups is 1. The molecule has 0 radical (unpaired) electrons. The lowest BCUT2D eigenvalue weighted by molar-refractivity contribution is -0.125. The summed E-state index contributed by atoms with van der Waals surface area (Å²) in [6.45, 7) is 3.82. The average Bonchev–Trinajstić information content (AvgIpc) is 3.59. The molecule has 180 valence electrons. The number of hydrogen-bond donors (Lipinski definition) is 2. The first kappa shape index (κ1) is 23.1. The SMILES string of the molecule is CC(C)Oc1ccc(-c2nc(-c3cccc4c3CC[C@@H]4NC(=O)C3CC[C@H](O)C3)no2)cc1C#N. The number of amides is 1. The summed E-state index contributed by atoms with van der Waals surface area (Å²) in [7, 11) is 0. The molecule has 0 spiro atoms. The van der Waals surface area contributed by atoms with Crippen molar-refractivity contribution < 1.29 is 19.2 Å². The summed E-state index contributed by atoms with van der Waals surface area (Å²) in [6.07, 6.45) is 3.15. The van der Waals surface area contributed by atoms with Gasteiger partial charge in [-0.3, -0.25) is 4.79 Å². The highest BCUT2D eigenvalue weighted by Crippen LogP contribution is 2.38. The third-order valence-corrected chi connectivity index (χ3v) is 6.74. The molecule has 35 heavy (non-hydrogen) atoms. The van der Waals surface area contributed by atoms with Crippen molar-refractivity contribution >= 4 is 5.91 Å². The quantitative estimate of drug-likeness (QED) is 0.548. The van der Waals surface area contributed by atoms with Gasteiger partial charge in [-0.15, -0.1) is 0 Å². The standard InChI is InChI=1S/C27H28N4O4/c1-15(2)34-24-11-7-17(12-18(24)14-28)27-30-25(31-35-27)22-5-3-4-21-20(22)9-10-23(21)29-26(33)16-6-8-19(32)13-16/h3-5,7,11-12,15-16,19,23,32H,6,8-10,13H2,1-2H3,(H,29,33)/t16?,19-,23-/m0/s1. The number of aromatic nitrogens is 2. The summed E-state index contributed by atoms with van der Waals surface area (Å²) >= 11 is 0. The Morgan fingerprint density at radius 2 is 2.11 bits per heavy atom. The van der Waals surface area contributed by atoms with Crippen molar-refractivity contribution in [2.24, 2.45) is 5.92 Å². The van der Waals surface area contributed by atoms with E-state index in [0.29, 0.717) is 41.4 Å². The van der Waals surface area contributed by atoms with Crippen LogP contribution >= 0.6 is 0 Å². The van der Waals surface area contributed by atoms with Gasteiger partial charge in [-0.1, -0.05) is 23.4 Å². The fourth-order valence-electron chi connectivity index (χ4n) is 5.06. The fourth-order valence-corrected chi connectivity index (χ4v) is 5.06. The third-order valence-electron chi connectivity index (χ3n) is 6.74. The molecule has 3 aromatic rings. The molecule has 8 nitrogen and oxygen atoms in total. The van der Waals surface area contributed by atoms with Gasteiger partial charge < -0.3 is 19.7 Å². The minimum Gasteiger partial charge on any atom is -0.490 e. The van der Waals surface area contributed by atoms with Crippen LogP contribution in [0.2, 0.25) is 0 Å². The minimum absolute atomic E-state index is 0.0184. The van der Waals surface area contributed by atoms with Gasteiger partial charge in [0.2, 0.25) is 11.7 Å². The third kappa shape index (κ3) is 4.64. The Kier molecular flexibility index (Phi) is 6.27. The Morgan fingerprint density at radius 1 is 1.26 bits per heavy atom. The lowest BCUT2D eigenvalue weighted by Gasteiger charge is -2.17. The van der Waals surface area contributed by atoms with E-state index in [0.717, 1.165) is 36.0 Å².